The van der Waals surface area contributed by atoms with Crippen LogP contribution in [-0.2, 0) is 10.5 Å². The number of hydrogen-bond donors (Lipinski definition) is 2. The number of aliphatic hydroxyl groups is 1. The first-order chi connectivity index (χ1) is 9.09. The third-order valence-corrected chi connectivity index (χ3v) is 4.16. The van der Waals surface area contributed by atoms with E-state index in [0.717, 1.165) is 11.3 Å². The molecule has 0 saturated heterocycles. The van der Waals surface area contributed by atoms with Crippen LogP contribution in [-0.4, -0.2) is 33.9 Å². The number of thioether (sulfide) groups is 1. The van der Waals surface area contributed by atoms with Crippen LogP contribution in [0.2, 0.25) is 0 Å². The smallest absolute Gasteiger partial charge is 0.230 e. The van der Waals surface area contributed by atoms with E-state index in [1.165, 1.54) is 0 Å². The van der Waals surface area contributed by atoms with Crippen LogP contribution in [0.1, 0.15) is 32.3 Å². The lowest BCUT2D eigenvalue weighted by atomic mass is 9.98. The average molecular weight is 282 g/mol. The maximum absolute atomic E-state index is 11.7. The molecule has 1 rings (SSSR count). The summed E-state index contributed by atoms with van der Waals surface area (Å²) in [5.74, 6) is 1.14. The van der Waals surface area contributed by atoms with Gasteiger partial charge in [-0.1, -0.05) is 19.9 Å². The van der Waals surface area contributed by atoms with E-state index in [-0.39, 0.29) is 5.91 Å². The summed E-state index contributed by atoms with van der Waals surface area (Å²) in [7, 11) is 0. The number of hydrogen-bond acceptors (Lipinski definition) is 4. The first-order valence-corrected chi connectivity index (χ1v) is 7.71. The molecule has 0 radical (unpaired) electrons. The van der Waals surface area contributed by atoms with Crippen molar-refractivity contribution >= 4 is 17.7 Å². The highest BCUT2D eigenvalue weighted by Crippen LogP contribution is 2.13. The molecule has 0 bridgehead atoms. The molecular formula is C14H22N2O2S. The average Bonchev–Trinajstić information content (AvgIpc) is 2.46. The highest BCUT2D eigenvalue weighted by molar-refractivity contribution is 7.99. The summed E-state index contributed by atoms with van der Waals surface area (Å²) < 4.78 is 0. The number of carbonyl (C=O) groups is 1. The quantitative estimate of drug-likeness (QED) is 0.765. The summed E-state index contributed by atoms with van der Waals surface area (Å²) in [6, 6.07) is 3.88. The fourth-order valence-corrected chi connectivity index (χ4v) is 2.36. The molecule has 1 heterocycles. The molecule has 106 valence electrons. The number of pyridine rings is 1. The highest BCUT2D eigenvalue weighted by atomic mass is 32.2. The van der Waals surface area contributed by atoms with E-state index in [2.05, 4.69) is 10.3 Å². The van der Waals surface area contributed by atoms with Crippen LogP contribution in [0.15, 0.2) is 24.5 Å². The summed E-state index contributed by atoms with van der Waals surface area (Å²) >= 11 is 1.55. The Labute approximate surface area is 119 Å². The van der Waals surface area contributed by atoms with Crippen molar-refractivity contribution in [2.45, 2.75) is 38.0 Å². The molecule has 2 N–H and O–H groups in total. The van der Waals surface area contributed by atoms with E-state index in [4.69, 9.17) is 0 Å². The topological polar surface area (TPSA) is 62.2 Å². The fraction of sp³-hybridized carbons (Fsp3) is 0.571. The van der Waals surface area contributed by atoms with Crippen molar-refractivity contribution in [3.8, 4) is 0 Å². The van der Waals surface area contributed by atoms with E-state index in [1.54, 1.807) is 24.2 Å². The molecule has 5 heteroatoms. The Morgan fingerprint density at radius 2 is 2.21 bits per heavy atom. The number of amides is 1. The Balaban J connectivity index is 2.22. The van der Waals surface area contributed by atoms with Crippen molar-refractivity contribution in [3.05, 3.63) is 30.1 Å². The molecule has 4 nitrogen and oxygen atoms in total. The lowest BCUT2D eigenvalue weighted by Crippen LogP contribution is -2.42. The molecule has 0 unspecified atom stereocenters. The molecule has 0 spiro atoms. The second-order valence-corrected chi connectivity index (χ2v) is 5.55. The van der Waals surface area contributed by atoms with Crippen LogP contribution in [0.25, 0.3) is 0 Å². The monoisotopic (exact) mass is 282 g/mol. The maximum Gasteiger partial charge on any atom is 0.230 e. The molecule has 1 aromatic rings. The molecule has 0 atom stereocenters. The number of rotatable bonds is 8. The zero-order chi connectivity index (χ0) is 14.1. The normalized spacial score (nSPS) is 11.3. The molecule has 1 amide bonds. The zero-order valence-electron chi connectivity index (χ0n) is 11.6. The van der Waals surface area contributed by atoms with E-state index in [1.807, 2.05) is 26.0 Å². The number of nitrogens with zero attached hydrogens (tertiary/aromatic N) is 1. The Morgan fingerprint density at radius 1 is 1.47 bits per heavy atom. The highest BCUT2D eigenvalue weighted by Gasteiger charge is 2.22. The molecule has 0 fully saturated rings. The molecule has 0 aliphatic rings. The number of nitrogens with one attached hydrogen (secondary N) is 1. The van der Waals surface area contributed by atoms with Crippen molar-refractivity contribution in [1.82, 2.24) is 10.3 Å². The SMILES string of the molecule is CCC(O)(CC)CNC(=O)CSCc1cccnc1. The van der Waals surface area contributed by atoms with Gasteiger partial charge < -0.3 is 10.4 Å². The second kappa shape index (κ2) is 8.17. The van der Waals surface area contributed by atoms with Crippen LogP contribution in [0.4, 0.5) is 0 Å². The van der Waals surface area contributed by atoms with E-state index >= 15 is 0 Å². The van der Waals surface area contributed by atoms with Crippen molar-refractivity contribution in [3.63, 3.8) is 0 Å². The Morgan fingerprint density at radius 3 is 2.79 bits per heavy atom. The molecule has 0 aromatic carbocycles. The van der Waals surface area contributed by atoms with Gasteiger partial charge in [-0.05, 0) is 24.5 Å². The lowest BCUT2D eigenvalue weighted by Gasteiger charge is -2.25. The van der Waals surface area contributed by atoms with Crippen LogP contribution in [0.5, 0.6) is 0 Å². The van der Waals surface area contributed by atoms with Gasteiger partial charge in [0.15, 0.2) is 0 Å². The summed E-state index contributed by atoms with van der Waals surface area (Å²) in [6.07, 6.45) is 4.83. The third-order valence-electron chi connectivity index (χ3n) is 3.16. The molecule has 1 aromatic heterocycles. The van der Waals surface area contributed by atoms with Gasteiger partial charge >= 0.3 is 0 Å². The van der Waals surface area contributed by atoms with Gasteiger partial charge in [0, 0.05) is 24.7 Å². The van der Waals surface area contributed by atoms with Gasteiger partial charge in [-0.25, -0.2) is 0 Å². The number of carbonyl (C=O) groups excluding carboxylic acids is 1. The zero-order valence-corrected chi connectivity index (χ0v) is 12.4. The minimum absolute atomic E-state index is 0.0331. The van der Waals surface area contributed by atoms with Gasteiger partial charge in [0.05, 0.1) is 11.4 Å². The van der Waals surface area contributed by atoms with E-state index < -0.39 is 5.60 Å². The van der Waals surface area contributed by atoms with Gasteiger partial charge in [-0.3, -0.25) is 9.78 Å². The fourth-order valence-electron chi connectivity index (χ4n) is 1.56. The van der Waals surface area contributed by atoms with E-state index in [0.29, 0.717) is 25.1 Å². The minimum Gasteiger partial charge on any atom is -0.388 e. The van der Waals surface area contributed by atoms with Crippen LogP contribution in [0, 0.1) is 0 Å². The van der Waals surface area contributed by atoms with Crippen molar-refractivity contribution in [1.29, 1.82) is 0 Å². The lowest BCUT2D eigenvalue weighted by molar-refractivity contribution is -0.119. The molecule has 0 aliphatic carbocycles. The first-order valence-electron chi connectivity index (χ1n) is 6.55. The Bertz CT molecular complexity index is 380. The Hall–Kier alpha value is -1.07. The summed E-state index contributed by atoms with van der Waals surface area (Å²) in [5.41, 5.74) is 0.336. The van der Waals surface area contributed by atoms with Gasteiger partial charge in [-0.2, -0.15) is 0 Å². The third kappa shape index (κ3) is 6.07. The summed E-state index contributed by atoms with van der Waals surface area (Å²) in [6.45, 7) is 4.17. The second-order valence-electron chi connectivity index (χ2n) is 4.56. The summed E-state index contributed by atoms with van der Waals surface area (Å²) in [5, 5.41) is 12.8. The maximum atomic E-state index is 11.7. The summed E-state index contributed by atoms with van der Waals surface area (Å²) in [4.78, 5) is 15.7. The van der Waals surface area contributed by atoms with E-state index in [9.17, 15) is 9.90 Å². The minimum atomic E-state index is -0.774. The standard InChI is InChI=1S/C14H22N2O2S/c1-3-14(18,4-2)11-16-13(17)10-19-9-12-6-5-7-15-8-12/h5-8,18H,3-4,9-11H2,1-2H3,(H,16,17). The Kier molecular flexibility index (Phi) is 6.87. The van der Waals surface area contributed by atoms with Crippen LogP contribution in [0.3, 0.4) is 0 Å². The molecule has 0 aliphatic heterocycles. The predicted molar refractivity (Wildman–Crippen MR) is 78.9 cm³/mol. The largest absolute Gasteiger partial charge is 0.388 e. The van der Waals surface area contributed by atoms with Crippen LogP contribution < -0.4 is 5.32 Å². The van der Waals surface area contributed by atoms with Crippen molar-refractivity contribution in [2.24, 2.45) is 0 Å². The molecular weight excluding hydrogens is 260 g/mol. The number of aromatic nitrogens is 1. The van der Waals surface area contributed by atoms with Crippen molar-refractivity contribution in [2.75, 3.05) is 12.3 Å². The first kappa shape index (κ1) is 16.0. The van der Waals surface area contributed by atoms with Crippen molar-refractivity contribution < 1.29 is 9.90 Å². The van der Waals surface area contributed by atoms with Gasteiger partial charge in [0.1, 0.15) is 0 Å². The van der Waals surface area contributed by atoms with Gasteiger partial charge in [-0.15, -0.1) is 11.8 Å². The van der Waals surface area contributed by atoms with Gasteiger partial charge in [0.25, 0.3) is 0 Å². The molecule has 0 saturated carbocycles. The van der Waals surface area contributed by atoms with Crippen LogP contribution >= 0.6 is 11.8 Å². The molecule has 19 heavy (non-hydrogen) atoms. The van der Waals surface area contributed by atoms with Gasteiger partial charge in [0.2, 0.25) is 5.91 Å². The predicted octanol–water partition coefficient (Wildman–Crippen LogP) is 1.98.